The van der Waals surface area contributed by atoms with Crippen LogP contribution in [0.15, 0.2) is 29.3 Å². The van der Waals surface area contributed by atoms with E-state index in [0.29, 0.717) is 16.3 Å². The number of rotatable bonds is 5. The van der Waals surface area contributed by atoms with E-state index in [-0.39, 0.29) is 11.6 Å². The van der Waals surface area contributed by atoms with Gasteiger partial charge in [-0.15, -0.1) is 0 Å². The Morgan fingerprint density at radius 3 is 2.82 bits per heavy atom. The molecule has 1 unspecified atom stereocenters. The highest BCUT2D eigenvalue weighted by Crippen LogP contribution is 2.30. The van der Waals surface area contributed by atoms with Crippen LogP contribution in [-0.4, -0.2) is 21.1 Å². The first-order chi connectivity index (χ1) is 13.4. The summed E-state index contributed by atoms with van der Waals surface area (Å²) in [4.78, 5) is 27.7. The number of nitrogens with zero attached hydrogens (tertiary/aromatic N) is 3. The molecule has 1 atom stereocenters. The normalized spacial score (nSPS) is 13.9. The maximum absolute atomic E-state index is 12.6. The number of carbonyl (C=O) groups is 1. The topological polar surface area (TPSA) is 109 Å². The second-order valence-electron chi connectivity index (χ2n) is 6.77. The van der Waals surface area contributed by atoms with Crippen molar-refractivity contribution < 1.29 is 9.72 Å². The molecular formula is C20H20N4O3S. The number of benzene rings is 1. The second-order valence-corrected chi connectivity index (χ2v) is 8.10. The number of non-ortho nitro benzene ring substituents is 1. The number of anilines is 1. The lowest BCUT2D eigenvalue weighted by atomic mass is 9.95. The Labute approximate surface area is 167 Å². The number of fused-ring (bicyclic) bond motifs is 1. The molecule has 28 heavy (non-hydrogen) atoms. The Hall–Kier alpha value is -2.92. The molecule has 1 aliphatic carbocycles. The van der Waals surface area contributed by atoms with Gasteiger partial charge in [-0.1, -0.05) is 17.8 Å². The van der Waals surface area contributed by atoms with Crippen LogP contribution in [0.4, 0.5) is 11.4 Å². The van der Waals surface area contributed by atoms with Gasteiger partial charge in [-0.3, -0.25) is 14.9 Å². The van der Waals surface area contributed by atoms with E-state index in [1.807, 2.05) is 6.07 Å². The number of aromatic nitrogens is 1. The average Bonchev–Trinajstić information content (AvgIpc) is 2.68. The second kappa shape index (κ2) is 8.40. The third-order valence-corrected chi connectivity index (χ3v) is 5.84. The predicted octanol–water partition coefficient (Wildman–Crippen LogP) is 4.17. The number of pyridine rings is 1. The van der Waals surface area contributed by atoms with Crippen molar-refractivity contribution >= 4 is 29.0 Å². The van der Waals surface area contributed by atoms with Crippen molar-refractivity contribution in [3.8, 4) is 6.07 Å². The van der Waals surface area contributed by atoms with Gasteiger partial charge < -0.3 is 5.32 Å². The number of nitro benzene ring substituents is 1. The Morgan fingerprint density at radius 1 is 1.36 bits per heavy atom. The van der Waals surface area contributed by atoms with Crippen LogP contribution in [0.3, 0.4) is 0 Å². The van der Waals surface area contributed by atoms with Gasteiger partial charge in [0, 0.05) is 17.8 Å². The molecule has 1 amide bonds. The number of amides is 1. The minimum atomic E-state index is -0.514. The fourth-order valence-electron chi connectivity index (χ4n) is 3.10. The molecule has 0 aliphatic heterocycles. The molecule has 0 fully saturated rings. The maximum atomic E-state index is 12.6. The zero-order chi connectivity index (χ0) is 20.3. The van der Waals surface area contributed by atoms with Crippen LogP contribution in [-0.2, 0) is 17.6 Å². The average molecular weight is 396 g/mol. The number of hydrogen-bond donors (Lipinski definition) is 1. The monoisotopic (exact) mass is 396 g/mol. The molecule has 2 aromatic rings. The van der Waals surface area contributed by atoms with Gasteiger partial charge in [0.2, 0.25) is 5.91 Å². The SMILES string of the molecule is Cc1ccc([N+](=O)[O-])cc1NC(=O)C(C)Sc1nc2c(cc1C#N)CCCC2. The number of nitrogens with one attached hydrogen (secondary N) is 1. The third-order valence-electron chi connectivity index (χ3n) is 4.73. The molecular weight excluding hydrogens is 376 g/mol. The standard InChI is InChI=1S/C20H20N4O3S/c1-12-7-8-16(24(26)27)10-18(12)22-19(25)13(2)28-20-15(11-21)9-14-5-3-4-6-17(14)23-20/h7-10,13H,3-6H2,1-2H3,(H,22,25). The Morgan fingerprint density at radius 2 is 2.11 bits per heavy atom. The van der Waals surface area contributed by atoms with Crippen LogP contribution < -0.4 is 5.32 Å². The molecule has 1 N–H and O–H groups in total. The lowest BCUT2D eigenvalue weighted by Crippen LogP contribution is -2.23. The molecule has 1 aromatic heterocycles. The summed E-state index contributed by atoms with van der Waals surface area (Å²) in [5, 5.41) is 23.2. The van der Waals surface area contributed by atoms with E-state index in [4.69, 9.17) is 0 Å². The molecule has 0 spiro atoms. The van der Waals surface area contributed by atoms with E-state index in [2.05, 4.69) is 16.4 Å². The predicted molar refractivity (Wildman–Crippen MR) is 107 cm³/mol. The molecule has 0 saturated heterocycles. The van der Waals surface area contributed by atoms with Crippen LogP contribution in [0.2, 0.25) is 0 Å². The summed E-state index contributed by atoms with van der Waals surface area (Å²) in [5.41, 5.74) is 3.68. The number of hydrogen-bond acceptors (Lipinski definition) is 6. The molecule has 1 heterocycles. The summed E-state index contributed by atoms with van der Waals surface area (Å²) in [6, 6.07) is 8.42. The summed E-state index contributed by atoms with van der Waals surface area (Å²) in [6.07, 6.45) is 4.01. The van der Waals surface area contributed by atoms with Gasteiger partial charge in [0.1, 0.15) is 11.1 Å². The molecule has 1 aliphatic rings. The Balaban J connectivity index is 1.77. The fourth-order valence-corrected chi connectivity index (χ4v) is 3.99. The minimum absolute atomic E-state index is 0.0793. The van der Waals surface area contributed by atoms with Gasteiger partial charge in [-0.2, -0.15) is 5.26 Å². The van der Waals surface area contributed by atoms with E-state index >= 15 is 0 Å². The lowest BCUT2D eigenvalue weighted by Gasteiger charge is -2.18. The number of thioether (sulfide) groups is 1. The fraction of sp³-hybridized carbons (Fsp3) is 0.350. The quantitative estimate of drug-likeness (QED) is 0.461. The first-order valence-electron chi connectivity index (χ1n) is 9.04. The van der Waals surface area contributed by atoms with Crippen molar-refractivity contribution in [2.24, 2.45) is 0 Å². The first kappa shape index (κ1) is 19.8. The number of carbonyl (C=O) groups excluding carboxylic acids is 1. The van der Waals surface area contributed by atoms with Crippen LogP contribution >= 0.6 is 11.8 Å². The van der Waals surface area contributed by atoms with E-state index in [1.54, 1.807) is 19.9 Å². The van der Waals surface area contributed by atoms with Crippen molar-refractivity contribution in [1.29, 1.82) is 5.26 Å². The summed E-state index contributed by atoms with van der Waals surface area (Å²) in [7, 11) is 0. The van der Waals surface area contributed by atoms with Crippen molar-refractivity contribution in [3.63, 3.8) is 0 Å². The third kappa shape index (κ3) is 4.31. The number of aryl methyl sites for hydroxylation is 3. The molecule has 1 aromatic carbocycles. The molecule has 0 bridgehead atoms. The smallest absolute Gasteiger partial charge is 0.271 e. The van der Waals surface area contributed by atoms with Gasteiger partial charge in [0.15, 0.2) is 0 Å². The molecule has 0 radical (unpaired) electrons. The van der Waals surface area contributed by atoms with Crippen molar-refractivity contribution in [3.05, 3.63) is 56.8 Å². The largest absolute Gasteiger partial charge is 0.325 e. The van der Waals surface area contributed by atoms with E-state index in [1.165, 1.54) is 23.9 Å². The van der Waals surface area contributed by atoms with Gasteiger partial charge >= 0.3 is 0 Å². The van der Waals surface area contributed by atoms with Gasteiger partial charge in [0.05, 0.1) is 21.4 Å². The lowest BCUT2D eigenvalue weighted by molar-refractivity contribution is -0.384. The van der Waals surface area contributed by atoms with Crippen LogP contribution in [0.1, 0.15) is 42.1 Å². The van der Waals surface area contributed by atoms with Gasteiger partial charge in [-0.25, -0.2) is 4.98 Å². The molecule has 7 nitrogen and oxygen atoms in total. The minimum Gasteiger partial charge on any atom is -0.325 e. The number of nitro groups is 1. The van der Waals surface area contributed by atoms with E-state index in [0.717, 1.165) is 42.5 Å². The first-order valence-corrected chi connectivity index (χ1v) is 9.92. The highest BCUT2D eigenvalue weighted by Gasteiger charge is 2.21. The van der Waals surface area contributed by atoms with Gasteiger partial charge in [-0.05, 0) is 56.7 Å². The highest BCUT2D eigenvalue weighted by atomic mass is 32.2. The zero-order valence-electron chi connectivity index (χ0n) is 15.7. The summed E-state index contributed by atoms with van der Waals surface area (Å²) in [6.45, 7) is 3.50. The van der Waals surface area contributed by atoms with E-state index < -0.39 is 10.2 Å². The van der Waals surface area contributed by atoms with Crippen LogP contribution in [0.25, 0.3) is 0 Å². The molecule has 8 heteroatoms. The van der Waals surface area contributed by atoms with Crippen LogP contribution in [0, 0.1) is 28.4 Å². The number of nitriles is 1. The Kier molecular flexibility index (Phi) is 5.95. The van der Waals surface area contributed by atoms with Crippen molar-refractivity contribution in [2.75, 3.05) is 5.32 Å². The van der Waals surface area contributed by atoms with Crippen molar-refractivity contribution in [1.82, 2.24) is 4.98 Å². The molecule has 0 saturated carbocycles. The molecule has 3 rings (SSSR count). The highest BCUT2D eigenvalue weighted by molar-refractivity contribution is 8.00. The summed E-state index contributed by atoms with van der Waals surface area (Å²) in [5.74, 6) is -0.294. The zero-order valence-corrected chi connectivity index (χ0v) is 16.5. The summed E-state index contributed by atoms with van der Waals surface area (Å²) >= 11 is 1.23. The Bertz CT molecular complexity index is 984. The van der Waals surface area contributed by atoms with Crippen LogP contribution in [0.5, 0.6) is 0 Å². The van der Waals surface area contributed by atoms with Gasteiger partial charge in [0.25, 0.3) is 5.69 Å². The van der Waals surface area contributed by atoms with E-state index in [9.17, 15) is 20.2 Å². The van der Waals surface area contributed by atoms with Crippen molar-refractivity contribution in [2.45, 2.75) is 49.8 Å². The molecule has 144 valence electrons. The maximum Gasteiger partial charge on any atom is 0.271 e. The summed E-state index contributed by atoms with van der Waals surface area (Å²) < 4.78 is 0.